The summed E-state index contributed by atoms with van der Waals surface area (Å²) in [6.07, 6.45) is 0. The van der Waals surface area contributed by atoms with E-state index in [9.17, 15) is 13.6 Å². The third-order valence-corrected chi connectivity index (χ3v) is 3.11. The number of para-hydroxylation sites is 2. The fraction of sp³-hybridized carbons (Fsp3) is 0.118. The summed E-state index contributed by atoms with van der Waals surface area (Å²) in [5.41, 5.74) is -0.509. The molecule has 0 aliphatic carbocycles. The van der Waals surface area contributed by atoms with Gasteiger partial charge in [-0.15, -0.1) is 0 Å². The summed E-state index contributed by atoms with van der Waals surface area (Å²) in [5.74, 6) is 4.12. The first-order chi connectivity index (χ1) is 11.6. The van der Waals surface area contributed by atoms with E-state index in [1.807, 2.05) is 0 Å². The number of anilines is 1. The smallest absolute Gasteiger partial charge is 0.320 e. The molecule has 0 bridgehead atoms. The molecule has 0 spiro atoms. The SMILES string of the molecule is O=C(NCC#CCOc1ccccc1Cl)Nc1c(F)cccc1F. The minimum atomic E-state index is -0.857. The molecule has 0 unspecified atom stereocenters. The number of benzene rings is 2. The van der Waals surface area contributed by atoms with Crippen LogP contribution < -0.4 is 15.4 Å². The maximum absolute atomic E-state index is 13.4. The van der Waals surface area contributed by atoms with Crippen molar-refractivity contribution < 1.29 is 18.3 Å². The molecular weight excluding hydrogens is 338 g/mol. The average molecular weight is 351 g/mol. The Hall–Kier alpha value is -2.78. The molecule has 2 rings (SSSR count). The number of nitrogens with one attached hydrogen (secondary N) is 2. The van der Waals surface area contributed by atoms with Crippen LogP contribution in [0.25, 0.3) is 0 Å². The van der Waals surface area contributed by atoms with Crippen molar-refractivity contribution >= 4 is 23.3 Å². The highest BCUT2D eigenvalue weighted by molar-refractivity contribution is 6.32. The zero-order chi connectivity index (χ0) is 17.4. The molecule has 0 aromatic heterocycles. The zero-order valence-electron chi connectivity index (χ0n) is 12.4. The van der Waals surface area contributed by atoms with Crippen LogP contribution in [0.1, 0.15) is 0 Å². The van der Waals surface area contributed by atoms with Crippen molar-refractivity contribution in [2.24, 2.45) is 0 Å². The van der Waals surface area contributed by atoms with Crippen LogP contribution in [0, 0.1) is 23.5 Å². The number of halogens is 3. The van der Waals surface area contributed by atoms with Crippen LogP contribution in [0.3, 0.4) is 0 Å². The van der Waals surface area contributed by atoms with Gasteiger partial charge in [0.15, 0.2) is 0 Å². The Morgan fingerprint density at radius 2 is 1.79 bits per heavy atom. The Bertz CT molecular complexity index is 767. The minimum Gasteiger partial charge on any atom is -0.479 e. The number of rotatable bonds is 4. The Kier molecular flexibility index (Phi) is 6.41. The van der Waals surface area contributed by atoms with Crippen LogP contribution in [0.5, 0.6) is 5.75 Å². The van der Waals surface area contributed by atoms with Gasteiger partial charge in [-0.25, -0.2) is 13.6 Å². The van der Waals surface area contributed by atoms with E-state index in [0.29, 0.717) is 10.8 Å². The number of carbonyl (C=O) groups is 1. The van der Waals surface area contributed by atoms with Crippen molar-refractivity contribution in [2.45, 2.75) is 0 Å². The highest BCUT2D eigenvalue weighted by Crippen LogP contribution is 2.22. The third-order valence-electron chi connectivity index (χ3n) is 2.80. The van der Waals surface area contributed by atoms with Gasteiger partial charge >= 0.3 is 6.03 Å². The molecule has 2 N–H and O–H groups in total. The van der Waals surface area contributed by atoms with E-state index in [0.717, 1.165) is 12.1 Å². The Balaban J connectivity index is 1.75. The molecule has 7 heteroatoms. The Morgan fingerprint density at radius 3 is 2.50 bits per heavy atom. The van der Waals surface area contributed by atoms with Gasteiger partial charge in [0.1, 0.15) is 29.7 Å². The number of ether oxygens (including phenoxy) is 1. The van der Waals surface area contributed by atoms with Gasteiger partial charge in [-0.1, -0.05) is 41.6 Å². The van der Waals surface area contributed by atoms with Crippen LogP contribution in [0.4, 0.5) is 19.3 Å². The van der Waals surface area contributed by atoms with Crippen molar-refractivity contribution in [1.82, 2.24) is 5.32 Å². The lowest BCUT2D eigenvalue weighted by atomic mass is 10.3. The Morgan fingerprint density at radius 1 is 1.08 bits per heavy atom. The molecule has 2 aromatic rings. The number of carbonyl (C=O) groups excluding carboxylic acids is 1. The van der Waals surface area contributed by atoms with Crippen LogP contribution in [0.2, 0.25) is 5.02 Å². The first-order valence-corrected chi connectivity index (χ1v) is 7.27. The van der Waals surface area contributed by atoms with Gasteiger partial charge in [0.05, 0.1) is 11.6 Å². The predicted molar refractivity (Wildman–Crippen MR) is 88.1 cm³/mol. The molecule has 0 saturated carbocycles. The fourth-order valence-electron chi connectivity index (χ4n) is 1.69. The van der Waals surface area contributed by atoms with E-state index < -0.39 is 23.4 Å². The van der Waals surface area contributed by atoms with Crippen LogP contribution in [0.15, 0.2) is 42.5 Å². The van der Waals surface area contributed by atoms with Crippen LogP contribution in [-0.4, -0.2) is 19.2 Å². The second-order valence-electron chi connectivity index (χ2n) is 4.48. The molecule has 0 fully saturated rings. The lowest BCUT2D eigenvalue weighted by Gasteiger charge is -2.07. The monoisotopic (exact) mass is 350 g/mol. The molecule has 0 saturated heterocycles. The van der Waals surface area contributed by atoms with E-state index in [4.69, 9.17) is 16.3 Å². The molecule has 0 aliphatic heterocycles. The van der Waals surface area contributed by atoms with E-state index in [1.54, 1.807) is 24.3 Å². The second kappa shape index (κ2) is 8.75. The summed E-state index contributed by atoms with van der Waals surface area (Å²) in [7, 11) is 0. The average Bonchev–Trinajstić information content (AvgIpc) is 2.56. The predicted octanol–water partition coefficient (Wildman–Crippen LogP) is 3.82. The number of amides is 2. The van der Waals surface area contributed by atoms with E-state index in [-0.39, 0.29) is 13.2 Å². The number of hydrogen-bond acceptors (Lipinski definition) is 2. The first-order valence-electron chi connectivity index (χ1n) is 6.90. The quantitative estimate of drug-likeness (QED) is 0.823. The summed E-state index contributed by atoms with van der Waals surface area (Å²) in [6, 6.07) is 9.49. The molecule has 4 nitrogen and oxygen atoms in total. The molecule has 0 aliphatic rings. The molecule has 0 atom stereocenters. The first kappa shape index (κ1) is 17.6. The number of hydrogen-bond donors (Lipinski definition) is 2. The summed E-state index contributed by atoms with van der Waals surface area (Å²) in [5, 5.41) is 4.92. The van der Waals surface area contributed by atoms with Gasteiger partial charge in [-0.2, -0.15) is 0 Å². The van der Waals surface area contributed by atoms with E-state index >= 15 is 0 Å². The topological polar surface area (TPSA) is 50.4 Å². The number of urea groups is 1. The second-order valence-corrected chi connectivity index (χ2v) is 4.88. The maximum Gasteiger partial charge on any atom is 0.320 e. The molecule has 0 radical (unpaired) electrons. The van der Waals surface area contributed by atoms with E-state index in [2.05, 4.69) is 22.5 Å². The van der Waals surface area contributed by atoms with Crippen molar-refractivity contribution in [3.05, 3.63) is 59.1 Å². The summed E-state index contributed by atoms with van der Waals surface area (Å²) in [4.78, 5) is 11.5. The lowest BCUT2D eigenvalue weighted by molar-refractivity contribution is 0.253. The van der Waals surface area contributed by atoms with Gasteiger partial charge in [0.25, 0.3) is 0 Å². The molecule has 124 valence electrons. The van der Waals surface area contributed by atoms with Crippen molar-refractivity contribution in [3.63, 3.8) is 0 Å². The molecule has 0 heterocycles. The van der Waals surface area contributed by atoms with Gasteiger partial charge in [-0.05, 0) is 24.3 Å². The van der Waals surface area contributed by atoms with Gasteiger partial charge < -0.3 is 15.4 Å². The lowest BCUT2D eigenvalue weighted by Crippen LogP contribution is -2.29. The van der Waals surface area contributed by atoms with Gasteiger partial charge in [0.2, 0.25) is 0 Å². The zero-order valence-corrected chi connectivity index (χ0v) is 13.2. The Labute approximate surface area is 142 Å². The van der Waals surface area contributed by atoms with Crippen molar-refractivity contribution in [2.75, 3.05) is 18.5 Å². The summed E-state index contributed by atoms with van der Waals surface area (Å²) in [6.45, 7) is 0.0861. The highest BCUT2D eigenvalue weighted by Gasteiger charge is 2.10. The molecule has 24 heavy (non-hydrogen) atoms. The molecule has 2 aromatic carbocycles. The standard InChI is InChI=1S/C17H13ClF2N2O2/c18-12-6-1-2-9-15(12)24-11-4-3-10-21-17(23)22-16-13(19)7-5-8-14(16)20/h1-2,5-9H,10-11H2,(H2,21,22,23). The minimum absolute atomic E-state index is 0.00616. The molecule has 2 amide bonds. The van der Waals surface area contributed by atoms with Gasteiger partial charge in [0, 0.05) is 0 Å². The van der Waals surface area contributed by atoms with Crippen LogP contribution in [-0.2, 0) is 0 Å². The highest BCUT2D eigenvalue weighted by atomic mass is 35.5. The van der Waals surface area contributed by atoms with Crippen molar-refractivity contribution in [1.29, 1.82) is 0 Å². The summed E-state index contributed by atoms with van der Waals surface area (Å²) < 4.78 is 32.0. The fourth-order valence-corrected chi connectivity index (χ4v) is 1.88. The van der Waals surface area contributed by atoms with Gasteiger partial charge in [-0.3, -0.25) is 0 Å². The van der Waals surface area contributed by atoms with E-state index in [1.165, 1.54) is 6.07 Å². The third kappa shape index (κ3) is 5.14. The largest absolute Gasteiger partial charge is 0.479 e. The summed E-state index contributed by atoms with van der Waals surface area (Å²) >= 11 is 5.91. The maximum atomic E-state index is 13.4. The van der Waals surface area contributed by atoms with Crippen molar-refractivity contribution in [3.8, 4) is 17.6 Å². The molecular formula is C17H13ClF2N2O2. The van der Waals surface area contributed by atoms with Crippen LogP contribution >= 0.6 is 11.6 Å². The normalized spacial score (nSPS) is 9.62.